The van der Waals surface area contributed by atoms with Crippen molar-refractivity contribution in [2.45, 2.75) is 51.2 Å². The van der Waals surface area contributed by atoms with Gasteiger partial charge in [-0.15, -0.1) is 0 Å². The number of fused-ring (bicyclic) bond motifs is 3. The number of nitriles is 1. The van der Waals surface area contributed by atoms with Gasteiger partial charge in [-0.1, -0.05) is 0 Å². The fraction of sp³-hybridized carbons (Fsp3) is 0.520. The number of hydrogen-bond acceptors (Lipinski definition) is 6. The summed E-state index contributed by atoms with van der Waals surface area (Å²) in [6, 6.07) is 7.91. The van der Waals surface area contributed by atoms with E-state index in [1.807, 2.05) is 12.1 Å². The molecule has 2 atom stereocenters. The van der Waals surface area contributed by atoms with Crippen molar-refractivity contribution in [3.05, 3.63) is 35.8 Å². The standard InChI is InChI=1S/C25H29N5O3/c1-16-9-18(5-8-33-16)30-22(11-23(31)28-14-25(6-7-25)15-32-2)29-21-13-27-20-4-3-17(12-26)10-19(20)24(21)30/h3-4,10,13,16,18H,5-9,11,14-15H2,1-2H3,(H,28,31)/t16-,18-/m1/s1. The topological polar surface area (TPSA) is 102 Å². The van der Waals surface area contributed by atoms with Gasteiger partial charge in [-0.25, -0.2) is 4.98 Å². The molecule has 1 aromatic carbocycles. The maximum Gasteiger partial charge on any atom is 0.227 e. The van der Waals surface area contributed by atoms with Crippen LogP contribution < -0.4 is 5.32 Å². The van der Waals surface area contributed by atoms with Crippen LogP contribution in [0, 0.1) is 16.7 Å². The van der Waals surface area contributed by atoms with E-state index in [0.29, 0.717) is 25.3 Å². The van der Waals surface area contributed by atoms with Crippen molar-refractivity contribution in [2.24, 2.45) is 5.41 Å². The molecule has 1 aliphatic carbocycles. The zero-order valence-corrected chi connectivity index (χ0v) is 19.1. The molecule has 1 aliphatic heterocycles. The fourth-order valence-corrected chi connectivity index (χ4v) is 4.97. The SMILES string of the molecule is COCC1(CNC(=O)Cc2nc3cnc4ccc(C#N)cc4c3n2[C@@H]2CCO[C@H](C)C2)CC1. The average molecular weight is 448 g/mol. The molecular formula is C25H29N5O3. The van der Waals surface area contributed by atoms with Crippen molar-refractivity contribution in [3.8, 4) is 6.07 Å². The van der Waals surface area contributed by atoms with Gasteiger partial charge in [-0.2, -0.15) is 5.26 Å². The molecule has 1 saturated heterocycles. The second kappa shape index (κ2) is 8.73. The number of carbonyl (C=O) groups excluding carboxylic acids is 1. The number of nitrogens with zero attached hydrogens (tertiary/aromatic N) is 4. The zero-order valence-electron chi connectivity index (χ0n) is 19.1. The van der Waals surface area contributed by atoms with Crippen LogP contribution in [0.4, 0.5) is 0 Å². The fourth-order valence-electron chi connectivity index (χ4n) is 4.97. The van der Waals surface area contributed by atoms with Gasteiger partial charge >= 0.3 is 0 Å². The number of amides is 1. The van der Waals surface area contributed by atoms with Crippen LogP contribution in [0.3, 0.4) is 0 Å². The highest BCUT2D eigenvalue weighted by Gasteiger charge is 2.42. The van der Waals surface area contributed by atoms with Gasteiger partial charge in [0.2, 0.25) is 5.91 Å². The summed E-state index contributed by atoms with van der Waals surface area (Å²) in [4.78, 5) is 22.3. The van der Waals surface area contributed by atoms with Crippen LogP contribution >= 0.6 is 0 Å². The molecule has 0 radical (unpaired) electrons. The monoisotopic (exact) mass is 447 g/mol. The molecule has 0 bridgehead atoms. The van der Waals surface area contributed by atoms with Gasteiger partial charge in [0.15, 0.2) is 0 Å². The Labute approximate surface area is 192 Å². The molecule has 2 aromatic heterocycles. The summed E-state index contributed by atoms with van der Waals surface area (Å²) in [6.07, 6.45) is 5.96. The summed E-state index contributed by atoms with van der Waals surface area (Å²) in [6.45, 7) is 4.05. The highest BCUT2D eigenvalue weighted by atomic mass is 16.5. The first-order valence-electron chi connectivity index (χ1n) is 11.6. The molecule has 8 nitrogen and oxygen atoms in total. The van der Waals surface area contributed by atoms with Crippen LogP contribution in [0.5, 0.6) is 0 Å². The largest absolute Gasteiger partial charge is 0.384 e. The number of ether oxygens (including phenoxy) is 2. The molecule has 3 aromatic rings. The lowest BCUT2D eigenvalue weighted by atomic mass is 10.0. The molecule has 0 spiro atoms. The van der Waals surface area contributed by atoms with E-state index in [4.69, 9.17) is 14.5 Å². The van der Waals surface area contributed by atoms with Crippen molar-refractivity contribution in [1.29, 1.82) is 5.26 Å². The second-order valence-corrected chi connectivity index (χ2v) is 9.48. The number of benzene rings is 1. The molecule has 3 heterocycles. The summed E-state index contributed by atoms with van der Waals surface area (Å²) in [7, 11) is 1.70. The van der Waals surface area contributed by atoms with Crippen LogP contribution in [-0.2, 0) is 20.7 Å². The first-order valence-corrected chi connectivity index (χ1v) is 11.6. The molecule has 5 rings (SSSR count). The molecule has 1 N–H and O–H groups in total. The summed E-state index contributed by atoms with van der Waals surface area (Å²) in [5.74, 6) is 0.693. The maximum absolute atomic E-state index is 12.9. The minimum Gasteiger partial charge on any atom is -0.384 e. The number of aromatic nitrogens is 3. The van der Waals surface area contributed by atoms with E-state index in [1.54, 1.807) is 19.4 Å². The molecule has 33 heavy (non-hydrogen) atoms. The van der Waals surface area contributed by atoms with Crippen LogP contribution in [0.1, 0.15) is 50.0 Å². The number of pyridine rings is 1. The van der Waals surface area contributed by atoms with Crippen LogP contribution in [0.25, 0.3) is 21.9 Å². The highest BCUT2D eigenvalue weighted by molar-refractivity contribution is 6.03. The predicted molar refractivity (Wildman–Crippen MR) is 124 cm³/mol. The maximum atomic E-state index is 12.9. The minimum atomic E-state index is -0.0379. The van der Waals surface area contributed by atoms with E-state index in [1.165, 1.54) is 0 Å². The Bertz CT molecular complexity index is 1240. The van der Waals surface area contributed by atoms with Crippen molar-refractivity contribution in [3.63, 3.8) is 0 Å². The van der Waals surface area contributed by atoms with Crippen molar-refractivity contribution in [1.82, 2.24) is 19.9 Å². The lowest BCUT2D eigenvalue weighted by molar-refractivity contribution is -0.121. The van der Waals surface area contributed by atoms with E-state index >= 15 is 0 Å². The molecule has 0 unspecified atom stereocenters. The first-order chi connectivity index (χ1) is 16.0. The Morgan fingerprint density at radius 1 is 1.39 bits per heavy atom. The number of carbonyl (C=O) groups is 1. The Morgan fingerprint density at radius 2 is 2.24 bits per heavy atom. The van der Waals surface area contributed by atoms with Gasteiger partial charge < -0.3 is 19.4 Å². The van der Waals surface area contributed by atoms with Gasteiger partial charge in [0.25, 0.3) is 0 Å². The van der Waals surface area contributed by atoms with Gasteiger partial charge in [0.1, 0.15) is 11.3 Å². The van der Waals surface area contributed by atoms with Gasteiger partial charge in [-0.3, -0.25) is 9.78 Å². The molecule has 8 heteroatoms. The van der Waals surface area contributed by atoms with Crippen LogP contribution in [0.15, 0.2) is 24.4 Å². The van der Waals surface area contributed by atoms with E-state index < -0.39 is 0 Å². The number of hydrogen-bond donors (Lipinski definition) is 1. The highest BCUT2D eigenvalue weighted by Crippen LogP contribution is 2.45. The molecular weight excluding hydrogens is 418 g/mol. The predicted octanol–water partition coefficient (Wildman–Crippen LogP) is 3.28. The van der Waals surface area contributed by atoms with E-state index in [9.17, 15) is 10.1 Å². The molecule has 2 fully saturated rings. The quantitative estimate of drug-likeness (QED) is 0.596. The summed E-state index contributed by atoms with van der Waals surface area (Å²) in [5, 5.41) is 13.4. The van der Waals surface area contributed by atoms with Crippen LogP contribution in [-0.4, -0.2) is 53.4 Å². The van der Waals surface area contributed by atoms with Crippen molar-refractivity contribution < 1.29 is 14.3 Å². The van der Waals surface area contributed by atoms with Gasteiger partial charge in [0.05, 0.1) is 48.0 Å². The molecule has 1 amide bonds. The minimum absolute atomic E-state index is 0.0379. The zero-order chi connectivity index (χ0) is 23.0. The third kappa shape index (κ3) is 4.31. The normalized spacial score (nSPS) is 21.7. The number of imidazole rings is 1. The van der Waals surface area contributed by atoms with E-state index in [2.05, 4.69) is 27.9 Å². The lowest BCUT2D eigenvalue weighted by Crippen LogP contribution is -2.34. The second-order valence-electron chi connectivity index (χ2n) is 9.48. The smallest absolute Gasteiger partial charge is 0.227 e. The third-order valence-corrected chi connectivity index (χ3v) is 6.93. The Balaban J connectivity index is 1.53. The Morgan fingerprint density at radius 3 is 2.97 bits per heavy atom. The number of nitrogens with one attached hydrogen (secondary N) is 1. The Hall–Kier alpha value is -3.02. The van der Waals surface area contributed by atoms with E-state index in [-0.39, 0.29) is 29.9 Å². The Kier molecular flexibility index (Phi) is 5.77. The van der Waals surface area contributed by atoms with Crippen molar-refractivity contribution in [2.75, 3.05) is 26.9 Å². The molecule has 1 saturated carbocycles. The molecule has 2 aliphatic rings. The van der Waals surface area contributed by atoms with E-state index in [0.717, 1.165) is 53.4 Å². The summed E-state index contributed by atoms with van der Waals surface area (Å²) >= 11 is 0. The van der Waals surface area contributed by atoms with Crippen molar-refractivity contribution >= 4 is 27.8 Å². The van der Waals surface area contributed by atoms with Crippen LogP contribution in [0.2, 0.25) is 0 Å². The summed E-state index contributed by atoms with van der Waals surface area (Å²) in [5.41, 5.74) is 3.18. The van der Waals surface area contributed by atoms with Gasteiger partial charge in [-0.05, 0) is 50.8 Å². The first kappa shape index (κ1) is 21.8. The number of methoxy groups -OCH3 is 1. The average Bonchev–Trinajstić information content (AvgIpc) is 3.48. The lowest BCUT2D eigenvalue weighted by Gasteiger charge is -2.30. The third-order valence-electron chi connectivity index (χ3n) is 6.93. The molecule has 172 valence electrons. The van der Waals surface area contributed by atoms with Gasteiger partial charge in [0, 0.05) is 37.1 Å². The number of rotatable bonds is 7. The summed E-state index contributed by atoms with van der Waals surface area (Å²) < 4.78 is 13.3.